The van der Waals surface area contributed by atoms with Gasteiger partial charge in [0.05, 0.1) is 0 Å². The number of ether oxygens (including phenoxy) is 1. The van der Waals surface area contributed by atoms with E-state index < -0.39 is 0 Å². The summed E-state index contributed by atoms with van der Waals surface area (Å²) in [4.78, 5) is 10.9. The lowest BCUT2D eigenvalue weighted by atomic mass is 10.2. The maximum atomic E-state index is 11.1. The number of thioether (sulfide) groups is 1. The van der Waals surface area contributed by atoms with Gasteiger partial charge in [0.1, 0.15) is 5.25 Å². The minimum atomic E-state index is -0.212. The molecule has 0 aromatic heterocycles. The minimum Gasteiger partial charge on any atom is -0.447 e. The molecule has 0 saturated carbocycles. The number of hydrogen-bond acceptors (Lipinski definition) is 3. The molecule has 1 rings (SSSR count). The van der Waals surface area contributed by atoms with Crippen LogP contribution in [0, 0.1) is 0 Å². The fourth-order valence-corrected chi connectivity index (χ4v) is 2.47. The van der Waals surface area contributed by atoms with Crippen LogP contribution in [0.4, 0.5) is 0 Å². The van der Waals surface area contributed by atoms with Crippen LogP contribution in [0.5, 0.6) is 0 Å². The Balaban J connectivity index is 2.68. The number of hydrogen-bond donors (Lipinski definition) is 0. The van der Waals surface area contributed by atoms with Gasteiger partial charge in [0, 0.05) is 0 Å². The van der Waals surface area contributed by atoms with E-state index in [-0.39, 0.29) is 16.2 Å². The Bertz CT molecular complexity index is 163. The van der Waals surface area contributed by atoms with Crippen molar-refractivity contribution < 1.29 is 9.53 Å². The molecule has 0 aliphatic carbocycles. The third kappa shape index (κ3) is 1.53. The Morgan fingerprint density at radius 1 is 1.55 bits per heavy atom. The average molecular weight is 174 g/mol. The summed E-state index contributed by atoms with van der Waals surface area (Å²) in [6, 6.07) is 0. The second-order valence-electron chi connectivity index (χ2n) is 2.80. The lowest BCUT2D eigenvalue weighted by molar-refractivity contribution is -0.147. The van der Waals surface area contributed by atoms with E-state index in [1.54, 1.807) is 11.8 Å². The predicted octanol–water partition coefficient (Wildman–Crippen LogP) is 2.18. The molecule has 0 N–H and O–H groups in total. The van der Waals surface area contributed by atoms with Gasteiger partial charge in [0.25, 0.3) is 0 Å². The van der Waals surface area contributed by atoms with Crippen LogP contribution in [0.15, 0.2) is 0 Å². The largest absolute Gasteiger partial charge is 0.447 e. The highest BCUT2D eigenvalue weighted by atomic mass is 32.2. The molecule has 1 aliphatic heterocycles. The van der Waals surface area contributed by atoms with Crippen molar-refractivity contribution in [2.24, 2.45) is 0 Å². The van der Waals surface area contributed by atoms with Crippen molar-refractivity contribution in [3.63, 3.8) is 0 Å². The second-order valence-corrected chi connectivity index (χ2v) is 4.49. The monoisotopic (exact) mass is 174 g/mol. The van der Waals surface area contributed by atoms with Crippen molar-refractivity contribution in [1.29, 1.82) is 0 Å². The van der Waals surface area contributed by atoms with Crippen LogP contribution in [0.25, 0.3) is 0 Å². The van der Waals surface area contributed by atoms with Crippen LogP contribution >= 0.6 is 11.8 Å². The molecule has 0 bridgehead atoms. The van der Waals surface area contributed by atoms with E-state index in [1.807, 2.05) is 6.92 Å². The third-order valence-corrected chi connectivity index (χ3v) is 3.72. The normalized spacial score (nSPS) is 28.6. The van der Waals surface area contributed by atoms with Crippen LogP contribution in [-0.4, -0.2) is 16.2 Å². The molecule has 1 atom stereocenters. The molecule has 1 fully saturated rings. The molecule has 0 radical (unpaired) electrons. The minimum absolute atomic E-state index is 0.0231. The Hall–Kier alpha value is -0.180. The zero-order valence-electron chi connectivity index (χ0n) is 7.22. The Labute approximate surface area is 71.7 Å². The summed E-state index contributed by atoms with van der Waals surface area (Å²) in [5, 5.41) is 0.0231. The molecule has 0 aromatic carbocycles. The Morgan fingerprint density at radius 3 is 2.27 bits per heavy atom. The number of carbonyl (C=O) groups excluding carboxylic acids is 1. The van der Waals surface area contributed by atoms with E-state index in [9.17, 15) is 4.79 Å². The van der Waals surface area contributed by atoms with Gasteiger partial charge in [-0.15, -0.1) is 0 Å². The van der Waals surface area contributed by atoms with Crippen molar-refractivity contribution in [2.45, 2.75) is 43.8 Å². The van der Waals surface area contributed by atoms with E-state index in [0.29, 0.717) is 0 Å². The molecule has 0 spiro atoms. The highest BCUT2D eigenvalue weighted by molar-refractivity contribution is 8.02. The number of carbonyl (C=O) groups is 1. The lowest BCUT2D eigenvalue weighted by Crippen LogP contribution is -2.22. The number of cyclic esters (lactones) is 1. The maximum absolute atomic E-state index is 11.1. The van der Waals surface area contributed by atoms with E-state index in [2.05, 4.69) is 13.8 Å². The quantitative estimate of drug-likeness (QED) is 0.600. The van der Waals surface area contributed by atoms with Crippen LogP contribution in [0.1, 0.15) is 33.6 Å². The van der Waals surface area contributed by atoms with Crippen molar-refractivity contribution in [3.05, 3.63) is 0 Å². The van der Waals surface area contributed by atoms with Crippen molar-refractivity contribution in [1.82, 2.24) is 0 Å². The predicted molar refractivity (Wildman–Crippen MR) is 46.5 cm³/mol. The summed E-state index contributed by atoms with van der Waals surface area (Å²) in [5.74, 6) is -0.0568. The summed E-state index contributed by atoms with van der Waals surface area (Å²) in [7, 11) is 0. The topological polar surface area (TPSA) is 26.3 Å². The standard InChI is InChI=1S/C8H14O2S/c1-4-8(5-2)10-7(9)6(3)11-8/h6H,4-5H2,1-3H3. The van der Waals surface area contributed by atoms with Gasteiger partial charge in [-0.2, -0.15) is 0 Å². The van der Waals surface area contributed by atoms with E-state index in [0.717, 1.165) is 12.8 Å². The summed E-state index contributed by atoms with van der Waals surface area (Å²) in [6.07, 6.45) is 1.81. The summed E-state index contributed by atoms with van der Waals surface area (Å²) >= 11 is 1.65. The average Bonchev–Trinajstić information content (AvgIpc) is 2.29. The first-order valence-corrected chi connectivity index (χ1v) is 4.92. The molecule has 0 amide bonds. The molecule has 2 nitrogen and oxygen atoms in total. The third-order valence-electron chi connectivity index (χ3n) is 2.09. The first kappa shape index (κ1) is 8.91. The SMILES string of the molecule is CCC1(CC)OC(=O)C(C)S1. The second kappa shape index (κ2) is 3.05. The molecule has 0 aromatic rings. The number of rotatable bonds is 2. The molecular weight excluding hydrogens is 160 g/mol. The first-order valence-electron chi connectivity index (χ1n) is 4.04. The van der Waals surface area contributed by atoms with Crippen LogP contribution < -0.4 is 0 Å². The van der Waals surface area contributed by atoms with E-state index in [1.165, 1.54) is 0 Å². The van der Waals surface area contributed by atoms with Crippen molar-refractivity contribution >= 4 is 17.7 Å². The molecule has 11 heavy (non-hydrogen) atoms. The fourth-order valence-electron chi connectivity index (χ4n) is 1.22. The fraction of sp³-hybridized carbons (Fsp3) is 0.875. The van der Waals surface area contributed by atoms with Gasteiger partial charge in [-0.1, -0.05) is 25.6 Å². The lowest BCUT2D eigenvalue weighted by Gasteiger charge is -2.22. The van der Waals surface area contributed by atoms with E-state index in [4.69, 9.17) is 4.74 Å². The zero-order chi connectivity index (χ0) is 8.48. The van der Waals surface area contributed by atoms with Gasteiger partial charge < -0.3 is 4.74 Å². The Kier molecular flexibility index (Phi) is 2.47. The molecule has 1 aliphatic rings. The smallest absolute Gasteiger partial charge is 0.320 e. The highest BCUT2D eigenvalue weighted by Crippen LogP contribution is 2.43. The van der Waals surface area contributed by atoms with E-state index >= 15 is 0 Å². The zero-order valence-corrected chi connectivity index (χ0v) is 8.03. The van der Waals surface area contributed by atoms with Crippen LogP contribution in [-0.2, 0) is 9.53 Å². The van der Waals surface area contributed by atoms with Crippen LogP contribution in [0.2, 0.25) is 0 Å². The van der Waals surface area contributed by atoms with Crippen molar-refractivity contribution in [3.8, 4) is 0 Å². The molecule has 3 heteroatoms. The summed E-state index contributed by atoms with van der Waals surface area (Å²) < 4.78 is 5.28. The number of esters is 1. The molecule has 1 saturated heterocycles. The van der Waals surface area contributed by atoms with Crippen molar-refractivity contribution in [2.75, 3.05) is 0 Å². The highest BCUT2D eigenvalue weighted by Gasteiger charge is 2.42. The van der Waals surface area contributed by atoms with Gasteiger partial charge in [-0.05, 0) is 19.8 Å². The van der Waals surface area contributed by atoms with Gasteiger partial charge in [0.2, 0.25) is 0 Å². The van der Waals surface area contributed by atoms with Gasteiger partial charge >= 0.3 is 5.97 Å². The van der Waals surface area contributed by atoms with Gasteiger partial charge in [-0.3, -0.25) is 4.79 Å². The summed E-state index contributed by atoms with van der Waals surface area (Å²) in [6.45, 7) is 6.02. The maximum Gasteiger partial charge on any atom is 0.320 e. The van der Waals surface area contributed by atoms with Gasteiger partial charge in [-0.25, -0.2) is 0 Å². The first-order chi connectivity index (χ1) is 5.13. The molecule has 1 unspecified atom stereocenters. The molecule has 1 heterocycles. The summed E-state index contributed by atoms with van der Waals surface area (Å²) in [5.41, 5.74) is 0. The van der Waals surface area contributed by atoms with Gasteiger partial charge in [0.15, 0.2) is 4.93 Å². The molecular formula is C8H14O2S. The molecule has 64 valence electrons. The van der Waals surface area contributed by atoms with Crippen LogP contribution in [0.3, 0.4) is 0 Å². The Morgan fingerprint density at radius 2 is 2.09 bits per heavy atom.